The van der Waals surface area contributed by atoms with Gasteiger partial charge >= 0.3 is 0 Å². The minimum absolute atomic E-state index is 1.02. The van der Waals surface area contributed by atoms with Crippen LogP contribution in [0.3, 0.4) is 0 Å². The zero-order valence-corrected chi connectivity index (χ0v) is 18.6. The highest BCUT2D eigenvalue weighted by atomic mass is 15.0. The van der Waals surface area contributed by atoms with Gasteiger partial charge in [-0.25, -0.2) is 4.98 Å². The smallest absolute Gasteiger partial charge is 0.145 e. The SMILES string of the molecule is Cc1cccc(C)c1-c1c(C)nc2c3ccccc3c3cc(-c4ccccc4)ccc3n12. The molecule has 0 atom stereocenters. The Hall–Kier alpha value is -3.91. The third kappa shape index (κ3) is 2.69. The normalized spacial score (nSPS) is 11.6. The minimum atomic E-state index is 1.02. The molecular weight excluding hydrogens is 388 g/mol. The van der Waals surface area contributed by atoms with Crippen molar-refractivity contribution in [2.45, 2.75) is 20.8 Å². The van der Waals surface area contributed by atoms with E-state index >= 15 is 0 Å². The summed E-state index contributed by atoms with van der Waals surface area (Å²) in [6.07, 6.45) is 0. The standard InChI is InChI=1S/C30H24N2/c1-19-10-9-11-20(2)28(19)29-21(3)31-30-25-15-8-7-14-24(25)26-18-23(16-17-27(26)32(29)30)22-12-5-4-6-13-22/h4-18H,1-3H3. The molecule has 0 unspecified atom stereocenters. The number of rotatable bonds is 2. The van der Waals surface area contributed by atoms with Crippen molar-refractivity contribution in [2.75, 3.05) is 0 Å². The van der Waals surface area contributed by atoms with Crippen LogP contribution in [0.25, 0.3) is 49.7 Å². The summed E-state index contributed by atoms with van der Waals surface area (Å²) >= 11 is 0. The van der Waals surface area contributed by atoms with Crippen LogP contribution in [-0.4, -0.2) is 9.38 Å². The highest BCUT2D eigenvalue weighted by Crippen LogP contribution is 2.38. The Labute approximate surface area is 187 Å². The quantitative estimate of drug-likeness (QED) is 0.264. The molecule has 2 heterocycles. The van der Waals surface area contributed by atoms with Gasteiger partial charge in [0.1, 0.15) is 5.65 Å². The molecule has 154 valence electrons. The Morgan fingerprint density at radius 3 is 2.03 bits per heavy atom. The van der Waals surface area contributed by atoms with Gasteiger partial charge in [-0.15, -0.1) is 0 Å². The van der Waals surface area contributed by atoms with E-state index in [1.807, 2.05) is 0 Å². The van der Waals surface area contributed by atoms with Crippen LogP contribution in [0.2, 0.25) is 0 Å². The first kappa shape index (κ1) is 18.8. The van der Waals surface area contributed by atoms with E-state index in [-0.39, 0.29) is 0 Å². The maximum atomic E-state index is 5.09. The summed E-state index contributed by atoms with van der Waals surface area (Å²) in [6, 6.07) is 32.6. The number of aromatic nitrogens is 2. The molecule has 6 rings (SSSR count). The predicted octanol–water partition coefficient (Wildman–Crippen LogP) is 7.90. The van der Waals surface area contributed by atoms with Crippen LogP contribution in [0, 0.1) is 20.8 Å². The van der Waals surface area contributed by atoms with Gasteiger partial charge in [0.05, 0.1) is 16.9 Å². The Balaban J connectivity index is 1.81. The van der Waals surface area contributed by atoms with Crippen LogP contribution in [0.4, 0.5) is 0 Å². The molecule has 2 heteroatoms. The molecule has 0 N–H and O–H groups in total. The molecular formula is C30H24N2. The van der Waals surface area contributed by atoms with E-state index in [9.17, 15) is 0 Å². The van der Waals surface area contributed by atoms with Crippen LogP contribution in [0.1, 0.15) is 16.8 Å². The van der Waals surface area contributed by atoms with Crippen molar-refractivity contribution in [3.05, 3.63) is 108 Å². The molecule has 0 aliphatic carbocycles. The topological polar surface area (TPSA) is 17.3 Å². The van der Waals surface area contributed by atoms with Gasteiger partial charge in [0.15, 0.2) is 0 Å². The van der Waals surface area contributed by atoms with E-state index in [1.165, 1.54) is 55.2 Å². The molecule has 4 aromatic carbocycles. The fourth-order valence-electron chi connectivity index (χ4n) is 5.10. The molecule has 0 aliphatic heterocycles. The third-order valence-electron chi connectivity index (χ3n) is 6.57. The number of imidazole rings is 1. The molecule has 0 radical (unpaired) electrons. The Kier molecular flexibility index (Phi) is 4.16. The number of fused-ring (bicyclic) bond motifs is 6. The average Bonchev–Trinajstić information content (AvgIpc) is 3.16. The third-order valence-corrected chi connectivity index (χ3v) is 6.57. The van der Waals surface area contributed by atoms with Gasteiger partial charge < -0.3 is 0 Å². The van der Waals surface area contributed by atoms with Crippen molar-refractivity contribution in [3.8, 4) is 22.4 Å². The van der Waals surface area contributed by atoms with E-state index in [2.05, 4.69) is 116 Å². The maximum Gasteiger partial charge on any atom is 0.145 e. The van der Waals surface area contributed by atoms with Crippen molar-refractivity contribution in [3.63, 3.8) is 0 Å². The summed E-state index contributed by atoms with van der Waals surface area (Å²) in [5, 5.41) is 3.68. The first-order valence-corrected chi connectivity index (χ1v) is 11.1. The summed E-state index contributed by atoms with van der Waals surface area (Å²) in [5.41, 5.74) is 10.8. The Bertz CT molecular complexity index is 1620. The van der Waals surface area contributed by atoms with Gasteiger partial charge in [0.2, 0.25) is 0 Å². The van der Waals surface area contributed by atoms with Crippen LogP contribution in [-0.2, 0) is 0 Å². The lowest BCUT2D eigenvalue weighted by atomic mass is 9.97. The molecule has 0 spiro atoms. The summed E-state index contributed by atoms with van der Waals surface area (Å²) in [7, 11) is 0. The molecule has 2 nitrogen and oxygen atoms in total. The average molecular weight is 413 g/mol. The van der Waals surface area contributed by atoms with Gasteiger partial charge in [0.25, 0.3) is 0 Å². The zero-order valence-electron chi connectivity index (χ0n) is 18.6. The summed E-state index contributed by atoms with van der Waals surface area (Å²) < 4.78 is 2.37. The molecule has 0 amide bonds. The molecule has 0 saturated carbocycles. The predicted molar refractivity (Wildman–Crippen MR) is 135 cm³/mol. The molecule has 0 bridgehead atoms. The molecule has 0 fully saturated rings. The van der Waals surface area contributed by atoms with Crippen molar-refractivity contribution < 1.29 is 0 Å². The van der Waals surface area contributed by atoms with E-state index in [0.717, 1.165) is 11.3 Å². The largest absolute Gasteiger partial charge is 0.291 e. The minimum Gasteiger partial charge on any atom is -0.291 e. The molecule has 6 aromatic rings. The number of hydrogen-bond acceptors (Lipinski definition) is 1. The van der Waals surface area contributed by atoms with Gasteiger partial charge in [-0.3, -0.25) is 4.40 Å². The molecule has 0 saturated heterocycles. The second kappa shape index (κ2) is 7.06. The monoisotopic (exact) mass is 412 g/mol. The first-order chi connectivity index (χ1) is 15.6. The van der Waals surface area contributed by atoms with Gasteiger partial charge in [-0.1, -0.05) is 78.9 Å². The van der Waals surface area contributed by atoms with Crippen molar-refractivity contribution in [2.24, 2.45) is 0 Å². The van der Waals surface area contributed by atoms with Gasteiger partial charge in [0, 0.05) is 16.3 Å². The van der Waals surface area contributed by atoms with Crippen LogP contribution >= 0.6 is 0 Å². The first-order valence-electron chi connectivity index (χ1n) is 11.1. The number of aryl methyl sites for hydroxylation is 3. The van der Waals surface area contributed by atoms with Crippen LogP contribution in [0.5, 0.6) is 0 Å². The molecule has 32 heavy (non-hydrogen) atoms. The van der Waals surface area contributed by atoms with Crippen molar-refractivity contribution >= 4 is 27.3 Å². The number of hydrogen-bond donors (Lipinski definition) is 0. The van der Waals surface area contributed by atoms with Crippen LogP contribution < -0.4 is 0 Å². The zero-order chi connectivity index (χ0) is 21.8. The van der Waals surface area contributed by atoms with Gasteiger partial charge in [-0.2, -0.15) is 0 Å². The van der Waals surface area contributed by atoms with E-state index in [1.54, 1.807) is 0 Å². The highest BCUT2D eigenvalue weighted by Gasteiger charge is 2.19. The van der Waals surface area contributed by atoms with Crippen molar-refractivity contribution in [1.29, 1.82) is 0 Å². The Morgan fingerprint density at radius 1 is 0.594 bits per heavy atom. The second-order valence-corrected chi connectivity index (χ2v) is 8.62. The molecule has 0 aliphatic rings. The number of pyridine rings is 1. The maximum absolute atomic E-state index is 5.09. The molecule has 2 aromatic heterocycles. The van der Waals surface area contributed by atoms with Crippen molar-refractivity contribution in [1.82, 2.24) is 9.38 Å². The lowest BCUT2D eigenvalue weighted by molar-refractivity contribution is 1.24. The number of nitrogens with zero attached hydrogens (tertiary/aromatic N) is 2. The lowest BCUT2D eigenvalue weighted by Gasteiger charge is -2.15. The second-order valence-electron chi connectivity index (χ2n) is 8.62. The van der Waals surface area contributed by atoms with Crippen LogP contribution in [0.15, 0.2) is 91.0 Å². The summed E-state index contributed by atoms with van der Waals surface area (Å²) in [4.78, 5) is 5.09. The summed E-state index contributed by atoms with van der Waals surface area (Å²) in [6.45, 7) is 6.52. The van der Waals surface area contributed by atoms with E-state index < -0.39 is 0 Å². The number of benzene rings is 4. The van der Waals surface area contributed by atoms with E-state index in [4.69, 9.17) is 4.98 Å². The van der Waals surface area contributed by atoms with E-state index in [0.29, 0.717) is 0 Å². The highest BCUT2D eigenvalue weighted by molar-refractivity contribution is 6.13. The lowest BCUT2D eigenvalue weighted by Crippen LogP contribution is -1.97. The Morgan fingerprint density at radius 2 is 1.28 bits per heavy atom. The fourth-order valence-corrected chi connectivity index (χ4v) is 5.10. The van der Waals surface area contributed by atoms with Gasteiger partial charge in [-0.05, 0) is 60.5 Å². The summed E-state index contributed by atoms with van der Waals surface area (Å²) in [5.74, 6) is 0. The fraction of sp³-hybridized carbons (Fsp3) is 0.100.